The molecule has 35 heavy (non-hydrogen) atoms. The summed E-state index contributed by atoms with van der Waals surface area (Å²) in [7, 11) is 0. The van der Waals surface area contributed by atoms with Crippen LogP contribution in [0.25, 0.3) is 6.08 Å². The zero-order chi connectivity index (χ0) is 24.9. The number of nitro benzene ring substituents is 2. The van der Waals surface area contributed by atoms with Crippen LogP contribution in [0.4, 0.5) is 16.2 Å². The highest BCUT2D eigenvalue weighted by atomic mass is 32.2. The minimum atomic E-state index is -0.552. The maximum Gasteiger partial charge on any atom is 0.293 e. The first-order chi connectivity index (χ1) is 16.8. The Morgan fingerprint density at radius 1 is 0.829 bits per heavy atom. The van der Waals surface area contributed by atoms with Crippen LogP contribution >= 0.6 is 11.8 Å². The molecule has 0 atom stereocenters. The van der Waals surface area contributed by atoms with E-state index >= 15 is 0 Å². The molecule has 1 saturated heterocycles. The maximum atomic E-state index is 12.8. The number of imide groups is 1. The van der Waals surface area contributed by atoms with Gasteiger partial charge in [-0.1, -0.05) is 42.5 Å². The van der Waals surface area contributed by atoms with E-state index in [0.717, 1.165) is 16.7 Å². The Hall–Kier alpha value is -4.51. The van der Waals surface area contributed by atoms with Gasteiger partial charge in [0.05, 0.1) is 26.9 Å². The largest absolute Gasteiger partial charge is 0.489 e. The highest BCUT2D eigenvalue weighted by Gasteiger charge is 2.36. The van der Waals surface area contributed by atoms with Crippen molar-refractivity contribution in [2.45, 2.75) is 13.2 Å². The molecule has 3 aromatic carbocycles. The minimum Gasteiger partial charge on any atom is -0.489 e. The Balaban J connectivity index is 1.44. The first-order valence-corrected chi connectivity index (χ1v) is 11.1. The van der Waals surface area contributed by atoms with Gasteiger partial charge < -0.3 is 4.74 Å². The van der Waals surface area contributed by atoms with Crippen molar-refractivity contribution in [2.75, 3.05) is 0 Å². The number of ether oxygens (including phenoxy) is 1. The molecule has 0 unspecified atom stereocenters. The zero-order valence-corrected chi connectivity index (χ0v) is 18.8. The number of amides is 2. The van der Waals surface area contributed by atoms with E-state index in [2.05, 4.69) is 0 Å². The Kier molecular flexibility index (Phi) is 6.88. The Bertz CT molecular complexity index is 1360. The number of nitrogens with zero attached hydrogens (tertiary/aromatic N) is 3. The van der Waals surface area contributed by atoms with E-state index in [0.29, 0.717) is 16.9 Å². The van der Waals surface area contributed by atoms with Crippen molar-refractivity contribution in [1.82, 2.24) is 4.90 Å². The Morgan fingerprint density at radius 3 is 2.03 bits per heavy atom. The molecule has 0 bridgehead atoms. The normalized spacial score (nSPS) is 14.4. The van der Waals surface area contributed by atoms with Gasteiger partial charge >= 0.3 is 0 Å². The van der Waals surface area contributed by atoms with E-state index in [-0.39, 0.29) is 35.0 Å². The van der Waals surface area contributed by atoms with Gasteiger partial charge in [-0.3, -0.25) is 34.7 Å². The van der Waals surface area contributed by atoms with Crippen molar-refractivity contribution in [3.05, 3.63) is 115 Å². The zero-order valence-electron chi connectivity index (χ0n) is 18.0. The standard InChI is InChI=1S/C24H17N3O7S/c28-23-22(35-24(29)25(23)14-17-5-1-3-7-20(17)26(30)31)13-16-9-11-19(12-10-16)34-15-18-6-2-4-8-21(18)27(32)33/h1-13H,14-15H2/b22-13-. The van der Waals surface area contributed by atoms with Crippen LogP contribution in [-0.4, -0.2) is 25.9 Å². The van der Waals surface area contributed by atoms with Gasteiger partial charge in [-0.25, -0.2) is 0 Å². The summed E-state index contributed by atoms with van der Waals surface area (Å²) in [4.78, 5) is 47.7. The van der Waals surface area contributed by atoms with Crippen molar-refractivity contribution in [3.63, 3.8) is 0 Å². The van der Waals surface area contributed by atoms with Crippen molar-refractivity contribution >= 4 is 40.4 Å². The number of para-hydroxylation sites is 2. The third-order valence-electron chi connectivity index (χ3n) is 5.15. The molecule has 10 nitrogen and oxygen atoms in total. The van der Waals surface area contributed by atoms with E-state index in [4.69, 9.17) is 4.74 Å². The molecule has 1 aliphatic heterocycles. The third-order valence-corrected chi connectivity index (χ3v) is 6.06. The van der Waals surface area contributed by atoms with E-state index in [9.17, 15) is 29.8 Å². The van der Waals surface area contributed by atoms with Gasteiger partial charge in [0.25, 0.3) is 22.5 Å². The van der Waals surface area contributed by atoms with Crippen LogP contribution in [-0.2, 0) is 17.9 Å². The molecule has 0 N–H and O–H groups in total. The number of hydrogen-bond acceptors (Lipinski definition) is 8. The average Bonchev–Trinajstić information content (AvgIpc) is 3.11. The van der Waals surface area contributed by atoms with Gasteiger partial charge in [0.2, 0.25) is 0 Å². The summed E-state index contributed by atoms with van der Waals surface area (Å²) < 4.78 is 5.65. The monoisotopic (exact) mass is 491 g/mol. The maximum absolute atomic E-state index is 12.8. The predicted molar refractivity (Wildman–Crippen MR) is 128 cm³/mol. The fourth-order valence-electron chi connectivity index (χ4n) is 3.41. The van der Waals surface area contributed by atoms with Crippen LogP contribution in [0.15, 0.2) is 77.7 Å². The molecule has 11 heteroatoms. The second kappa shape index (κ2) is 10.2. The van der Waals surface area contributed by atoms with Crippen LogP contribution in [0.5, 0.6) is 5.75 Å². The summed E-state index contributed by atoms with van der Waals surface area (Å²) in [6.45, 7) is -0.182. The number of carbonyl (C=O) groups excluding carboxylic acids is 2. The van der Waals surface area contributed by atoms with Crippen molar-refractivity contribution in [2.24, 2.45) is 0 Å². The smallest absolute Gasteiger partial charge is 0.293 e. The molecule has 0 aliphatic carbocycles. The number of rotatable bonds is 8. The lowest BCUT2D eigenvalue weighted by atomic mass is 10.1. The van der Waals surface area contributed by atoms with E-state index in [1.54, 1.807) is 54.6 Å². The molecular formula is C24H17N3O7S. The van der Waals surface area contributed by atoms with E-state index < -0.39 is 21.0 Å². The SMILES string of the molecule is O=C1S/C(=C\c2ccc(OCc3ccccc3[N+](=O)[O-])cc2)C(=O)N1Cc1ccccc1[N+](=O)[O-]. The average molecular weight is 491 g/mol. The summed E-state index contributed by atoms with van der Waals surface area (Å²) in [5.41, 5.74) is 1.15. The molecular weight excluding hydrogens is 474 g/mol. The molecule has 3 aromatic rings. The first kappa shape index (κ1) is 23.6. The quantitative estimate of drug-likeness (QED) is 0.235. The van der Waals surface area contributed by atoms with Crippen molar-refractivity contribution in [1.29, 1.82) is 0 Å². The van der Waals surface area contributed by atoms with Crippen LogP contribution in [0.1, 0.15) is 16.7 Å². The molecule has 176 valence electrons. The predicted octanol–water partition coefficient (Wildman–Crippen LogP) is 5.32. The van der Waals surface area contributed by atoms with Gasteiger partial charge in [0, 0.05) is 17.7 Å². The number of nitro groups is 2. The minimum absolute atomic E-state index is 0.0149. The fraction of sp³-hybridized carbons (Fsp3) is 0.0833. The summed E-state index contributed by atoms with van der Waals surface area (Å²) >= 11 is 0.760. The molecule has 1 aliphatic rings. The van der Waals surface area contributed by atoms with E-state index in [1.165, 1.54) is 24.3 Å². The molecule has 1 fully saturated rings. The van der Waals surface area contributed by atoms with Crippen LogP contribution in [0.3, 0.4) is 0 Å². The lowest BCUT2D eigenvalue weighted by Crippen LogP contribution is -2.27. The first-order valence-electron chi connectivity index (χ1n) is 10.3. The highest BCUT2D eigenvalue weighted by molar-refractivity contribution is 8.18. The lowest BCUT2D eigenvalue weighted by Gasteiger charge is -2.12. The van der Waals surface area contributed by atoms with Gasteiger partial charge in [0.1, 0.15) is 12.4 Å². The number of hydrogen-bond donors (Lipinski definition) is 0. The lowest BCUT2D eigenvalue weighted by molar-refractivity contribution is -0.385. The molecule has 0 spiro atoms. The molecule has 0 radical (unpaired) electrons. The molecule has 2 amide bonds. The van der Waals surface area contributed by atoms with Crippen LogP contribution < -0.4 is 4.74 Å². The second-order valence-corrected chi connectivity index (χ2v) is 8.39. The Labute approximate surface area is 203 Å². The highest BCUT2D eigenvalue weighted by Crippen LogP contribution is 2.34. The van der Waals surface area contributed by atoms with E-state index in [1.807, 2.05) is 0 Å². The van der Waals surface area contributed by atoms with Crippen molar-refractivity contribution < 1.29 is 24.2 Å². The molecule has 4 rings (SSSR count). The summed E-state index contributed by atoms with van der Waals surface area (Å²) in [5.74, 6) is -0.0559. The fourth-order valence-corrected chi connectivity index (χ4v) is 4.25. The van der Waals surface area contributed by atoms with Crippen molar-refractivity contribution in [3.8, 4) is 5.75 Å². The summed E-state index contributed by atoms with van der Waals surface area (Å²) in [5, 5.41) is 21.8. The second-order valence-electron chi connectivity index (χ2n) is 7.40. The van der Waals surface area contributed by atoms with Gasteiger partial charge in [-0.15, -0.1) is 0 Å². The number of carbonyl (C=O) groups is 2. The topological polar surface area (TPSA) is 133 Å². The van der Waals surface area contributed by atoms with Crippen LogP contribution in [0, 0.1) is 20.2 Å². The number of benzene rings is 3. The Morgan fingerprint density at radius 2 is 1.40 bits per heavy atom. The van der Waals surface area contributed by atoms with Gasteiger partial charge in [-0.05, 0) is 41.6 Å². The third kappa shape index (κ3) is 5.36. The molecule has 0 saturated carbocycles. The molecule has 0 aromatic heterocycles. The molecule has 1 heterocycles. The summed E-state index contributed by atoms with van der Waals surface area (Å²) in [6.07, 6.45) is 1.55. The van der Waals surface area contributed by atoms with Crippen LogP contribution in [0.2, 0.25) is 0 Å². The van der Waals surface area contributed by atoms with Gasteiger partial charge in [0.15, 0.2) is 0 Å². The number of thioether (sulfide) groups is 1. The van der Waals surface area contributed by atoms with Gasteiger partial charge in [-0.2, -0.15) is 0 Å². The summed E-state index contributed by atoms with van der Waals surface area (Å²) in [6, 6.07) is 18.9.